The lowest BCUT2D eigenvalue weighted by molar-refractivity contribution is 0.764. The number of hydrogen-bond acceptors (Lipinski definition) is 6. The maximum Gasteiger partial charge on any atom is 0.240 e. The lowest BCUT2D eigenvalue weighted by atomic mass is 10.2. The van der Waals surface area contributed by atoms with Crippen LogP contribution in [0, 0.1) is 6.92 Å². The summed E-state index contributed by atoms with van der Waals surface area (Å²) in [7, 11) is 1.86. The van der Waals surface area contributed by atoms with Crippen molar-refractivity contribution in [3.63, 3.8) is 0 Å². The third-order valence-corrected chi connectivity index (χ3v) is 3.01. The zero-order valence-electron chi connectivity index (χ0n) is 11.5. The van der Waals surface area contributed by atoms with Crippen molar-refractivity contribution >= 4 is 17.5 Å². The molecular weight excluding hydrogens is 292 g/mol. The summed E-state index contributed by atoms with van der Waals surface area (Å²) in [5.74, 6) is 1.94. The summed E-state index contributed by atoms with van der Waals surface area (Å²) in [5, 5.41) is 8.65. The van der Waals surface area contributed by atoms with Crippen LogP contribution in [0.3, 0.4) is 0 Å². The van der Waals surface area contributed by atoms with Crippen LogP contribution in [0.2, 0.25) is 5.15 Å². The number of aryl methyl sites for hydroxylation is 2. The first-order valence-corrected chi connectivity index (χ1v) is 6.59. The number of nitrogen functional groups attached to an aromatic ring is 1. The normalized spacial score (nSPS) is 11.0. The number of aromatic nitrogens is 7. The SMILES string of the molecule is Cc1nc(Cl)cc(-n2nc(N)nc2Cc2cnn(C)c2)n1. The van der Waals surface area contributed by atoms with Crippen LogP contribution in [0.4, 0.5) is 5.95 Å². The first-order chi connectivity index (χ1) is 10.0. The largest absolute Gasteiger partial charge is 0.366 e. The van der Waals surface area contributed by atoms with Gasteiger partial charge in [-0.05, 0) is 12.5 Å². The minimum Gasteiger partial charge on any atom is -0.366 e. The van der Waals surface area contributed by atoms with Crippen molar-refractivity contribution in [1.29, 1.82) is 0 Å². The first-order valence-electron chi connectivity index (χ1n) is 6.22. The molecule has 9 heteroatoms. The van der Waals surface area contributed by atoms with Gasteiger partial charge in [-0.2, -0.15) is 14.8 Å². The molecule has 3 rings (SSSR count). The number of nitrogens with zero attached hydrogens (tertiary/aromatic N) is 7. The van der Waals surface area contributed by atoms with Gasteiger partial charge >= 0.3 is 0 Å². The molecule has 108 valence electrons. The van der Waals surface area contributed by atoms with Crippen LogP contribution in [-0.2, 0) is 13.5 Å². The van der Waals surface area contributed by atoms with Gasteiger partial charge in [0, 0.05) is 25.7 Å². The average molecular weight is 305 g/mol. The molecule has 21 heavy (non-hydrogen) atoms. The van der Waals surface area contributed by atoms with Gasteiger partial charge < -0.3 is 5.73 Å². The smallest absolute Gasteiger partial charge is 0.240 e. The Bertz CT molecular complexity index is 770. The van der Waals surface area contributed by atoms with Gasteiger partial charge in [0.1, 0.15) is 16.8 Å². The summed E-state index contributed by atoms with van der Waals surface area (Å²) in [6, 6.07) is 1.62. The monoisotopic (exact) mass is 304 g/mol. The molecule has 3 aromatic heterocycles. The molecule has 0 aliphatic carbocycles. The van der Waals surface area contributed by atoms with Crippen molar-refractivity contribution in [3.8, 4) is 5.82 Å². The van der Waals surface area contributed by atoms with Gasteiger partial charge in [-0.25, -0.2) is 9.97 Å². The topological polar surface area (TPSA) is 100 Å². The first kappa shape index (κ1) is 13.5. The number of anilines is 1. The van der Waals surface area contributed by atoms with Gasteiger partial charge in [0.05, 0.1) is 6.20 Å². The summed E-state index contributed by atoms with van der Waals surface area (Å²) in [6.45, 7) is 1.76. The molecule has 0 radical (unpaired) electrons. The molecule has 0 aromatic carbocycles. The van der Waals surface area contributed by atoms with Crippen LogP contribution < -0.4 is 5.73 Å². The fourth-order valence-corrected chi connectivity index (χ4v) is 2.25. The molecule has 0 saturated carbocycles. The molecule has 8 nitrogen and oxygen atoms in total. The quantitative estimate of drug-likeness (QED) is 0.722. The van der Waals surface area contributed by atoms with Crippen molar-refractivity contribution in [2.45, 2.75) is 13.3 Å². The summed E-state index contributed by atoms with van der Waals surface area (Å²) < 4.78 is 3.30. The van der Waals surface area contributed by atoms with Crippen LogP contribution in [0.25, 0.3) is 5.82 Å². The summed E-state index contributed by atoms with van der Waals surface area (Å²) >= 11 is 5.97. The molecule has 0 bridgehead atoms. The molecule has 0 unspecified atom stereocenters. The maximum atomic E-state index is 5.97. The molecule has 0 spiro atoms. The Hall–Kier alpha value is -2.48. The van der Waals surface area contributed by atoms with Gasteiger partial charge in [0.15, 0.2) is 5.82 Å². The highest BCUT2D eigenvalue weighted by Gasteiger charge is 2.13. The molecule has 0 saturated heterocycles. The van der Waals surface area contributed by atoms with Crippen LogP contribution in [0.15, 0.2) is 18.5 Å². The van der Waals surface area contributed by atoms with Crippen molar-refractivity contribution in [3.05, 3.63) is 40.8 Å². The van der Waals surface area contributed by atoms with Crippen molar-refractivity contribution in [1.82, 2.24) is 34.5 Å². The molecule has 2 N–H and O–H groups in total. The van der Waals surface area contributed by atoms with E-state index in [2.05, 4.69) is 25.1 Å². The van der Waals surface area contributed by atoms with Crippen molar-refractivity contribution in [2.24, 2.45) is 7.05 Å². The van der Waals surface area contributed by atoms with Crippen LogP contribution in [-0.4, -0.2) is 34.5 Å². The Kier molecular flexibility index (Phi) is 3.30. The van der Waals surface area contributed by atoms with Gasteiger partial charge in [-0.3, -0.25) is 4.68 Å². The maximum absolute atomic E-state index is 5.97. The van der Waals surface area contributed by atoms with E-state index >= 15 is 0 Å². The van der Waals surface area contributed by atoms with E-state index in [1.54, 1.807) is 28.6 Å². The molecule has 3 aromatic rings. The van der Waals surface area contributed by atoms with Crippen LogP contribution in [0.1, 0.15) is 17.2 Å². The van der Waals surface area contributed by atoms with Crippen molar-refractivity contribution < 1.29 is 0 Å². The number of nitrogens with two attached hydrogens (primary N) is 1. The second-order valence-electron chi connectivity index (χ2n) is 4.59. The molecular formula is C12H13ClN8. The summed E-state index contributed by atoms with van der Waals surface area (Å²) in [6.07, 6.45) is 4.22. The van der Waals surface area contributed by atoms with Gasteiger partial charge in [-0.1, -0.05) is 11.6 Å². The fraction of sp³-hybridized carbons (Fsp3) is 0.250. The van der Waals surface area contributed by atoms with E-state index in [1.807, 2.05) is 13.2 Å². The van der Waals surface area contributed by atoms with E-state index < -0.39 is 0 Å². The van der Waals surface area contributed by atoms with E-state index in [0.29, 0.717) is 29.0 Å². The molecule has 0 amide bonds. The Morgan fingerprint density at radius 2 is 2.10 bits per heavy atom. The Morgan fingerprint density at radius 1 is 1.29 bits per heavy atom. The second kappa shape index (κ2) is 5.13. The van der Waals surface area contributed by atoms with E-state index in [-0.39, 0.29) is 5.95 Å². The van der Waals surface area contributed by atoms with Crippen LogP contribution in [0.5, 0.6) is 0 Å². The third-order valence-electron chi connectivity index (χ3n) is 2.82. The Labute approximate surface area is 125 Å². The lowest BCUT2D eigenvalue weighted by Gasteiger charge is -2.05. The van der Waals surface area contributed by atoms with E-state index in [0.717, 1.165) is 5.56 Å². The third kappa shape index (κ3) is 2.84. The molecule has 0 fully saturated rings. The molecule has 0 atom stereocenters. The lowest BCUT2D eigenvalue weighted by Crippen LogP contribution is -2.07. The molecule has 3 heterocycles. The van der Waals surface area contributed by atoms with E-state index in [4.69, 9.17) is 17.3 Å². The zero-order chi connectivity index (χ0) is 15.0. The fourth-order valence-electron chi connectivity index (χ4n) is 2.03. The van der Waals surface area contributed by atoms with E-state index in [1.165, 1.54) is 0 Å². The Morgan fingerprint density at radius 3 is 2.76 bits per heavy atom. The highest BCUT2D eigenvalue weighted by atomic mass is 35.5. The Balaban J connectivity index is 2.02. The minimum absolute atomic E-state index is 0.182. The average Bonchev–Trinajstić information content (AvgIpc) is 2.95. The number of rotatable bonds is 3. The second-order valence-corrected chi connectivity index (χ2v) is 4.98. The van der Waals surface area contributed by atoms with Gasteiger partial charge in [0.2, 0.25) is 5.95 Å². The van der Waals surface area contributed by atoms with Crippen molar-refractivity contribution in [2.75, 3.05) is 5.73 Å². The number of hydrogen-bond donors (Lipinski definition) is 1. The minimum atomic E-state index is 0.182. The standard InChI is InChI=1S/C12H13ClN8/c1-7-16-9(13)4-11(17-7)21-10(18-12(14)19-21)3-8-5-15-20(2)6-8/h4-6H,3H2,1-2H3,(H2,14,19). The summed E-state index contributed by atoms with van der Waals surface area (Å²) in [4.78, 5) is 12.6. The highest BCUT2D eigenvalue weighted by molar-refractivity contribution is 6.29. The summed E-state index contributed by atoms with van der Waals surface area (Å²) in [5.41, 5.74) is 6.71. The number of halogens is 1. The van der Waals surface area contributed by atoms with Gasteiger partial charge in [-0.15, -0.1) is 5.10 Å². The molecule has 0 aliphatic heterocycles. The zero-order valence-corrected chi connectivity index (χ0v) is 12.3. The molecule has 0 aliphatic rings. The predicted octanol–water partition coefficient (Wildman–Crippen LogP) is 0.926. The highest BCUT2D eigenvalue weighted by Crippen LogP contribution is 2.15. The van der Waals surface area contributed by atoms with Gasteiger partial charge in [0.25, 0.3) is 0 Å². The van der Waals surface area contributed by atoms with E-state index in [9.17, 15) is 0 Å². The predicted molar refractivity (Wildman–Crippen MR) is 77.1 cm³/mol. The van der Waals surface area contributed by atoms with Crippen LogP contribution >= 0.6 is 11.6 Å².